The number of carbonyl (C=O) groups excluding carboxylic acids is 3. The largest absolute Gasteiger partial charge is 0.478 e. The second-order valence-corrected chi connectivity index (χ2v) is 3.70. The molecule has 7 nitrogen and oxygen atoms in total. The van der Waals surface area contributed by atoms with Gasteiger partial charge < -0.3 is 14.6 Å². The molecule has 0 atom stereocenters. The summed E-state index contributed by atoms with van der Waals surface area (Å²) >= 11 is 0. The first kappa shape index (κ1) is 16.1. The first-order chi connectivity index (χ1) is 9.90. The van der Waals surface area contributed by atoms with Crippen LogP contribution >= 0.6 is 0 Å². The van der Waals surface area contributed by atoms with Gasteiger partial charge in [0.1, 0.15) is 0 Å². The third-order valence-corrected chi connectivity index (χ3v) is 2.35. The van der Waals surface area contributed by atoms with Crippen LogP contribution in [0.15, 0.2) is 30.9 Å². The van der Waals surface area contributed by atoms with E-state index in [9.17, 15) is 19.2 Å². The van der Waals surface area contributed by atoms with E-state index in [1.165, 1.54) is 12.1 Å². The molecule has 1 N–H and O–H groups in total. The van der Waals surface area contributed by atoms with Crippen molar-refractivity contribution in [2.45, 2.75) is 6.92 Å². The molecule has 0 fully saturated rings. The Kier molecular flexibility index (Phi) is 5.36. The lowest BCUT2D eigenvalue weighted by molar-refractivity contribution is -0.137. The van der Waals surface area contributed by atoms with E-state index >= 15 is 0 Å². The number of fused-ring (bicyclic) bond motifs is 1. The fourth-order valence-electron chi connectivity index (χ4n) is 1.42. The summed E-state index contributed by atoms with van der Waals surface area (Å²) in [6, 6.07) is 3.65. The minimum absolute atomic E-state index is 0.00917. The SMILES string of the molecule is C=CC(=O)OCC.O=C(O)c1ccc2c(c1)C(=O)OC2=O. The Morgan fingerprint density at radius 3 is 2.38 bits per heavy atom. The van der Waals surface area contributed by atoms with Crippen molar-refractivity contribution in [3.05, 3.63) is 47.5 Å². The molecule has 1 aliphatic heterocycles. The van der Waals surface area contributed by atoms with E-state index in [2.05, 4.69) is 16.1 Å². The number of cyclic esters (lactones) is 2. The molecule has 0 amide bonds. The van der Waals surface area contributed by atoms with Crippen LogP contribution in [0.3, 0.4) is 0 Å². The Morgan fingerprint density at radius 2 is 1.90 bits per heavy atom. The van der Waals surface area contributed by atoms with Crippen LogP contribution in [0.4, 0.5) is 0 Å². The Bertz CT molecular complexity index is 616. The van der Waals surface area contributed by atoms with E-state index in [-0.39, 0.29) is 22.7 Å². The smallest absolute Gasteiger partial charge is 0.346 e. The Morgan fingerprint density at radius 1 is 1.29 bits per heavy atom. The summed E-state index contributed by atoms with van der Waals surface area (Å²) in [5, 5.41) is 8.63. The van der Waals surface area contributed by atoms with E-state index in [1.54, 1.807) is 6.92 Å². The molecule has 1 aromatic rings. The maximum atomic E-state index is 11.0. The van der Waals surface area contributed by atoms with Crippen LogP contribution in [-0.4, -0.2) is 35.6 Å². The zero-order valence-corrected chi connectivity index (χ0v) is 11.1. The molecule has 1 heterocycles. The second kappa shape index (κ2) is 6.99. The lowest BCUT2D eigenvalue weighted by atomic mass is 10.1. The van der Waals surface area contributed by atoms with Gasteiger partial charge in [0.25, 0.3) is 0 Å². The van der Waals surface area contributed by atoms with Crippen molar-refractivity contribution in [2.75, 3.05) is 6.61 Å². The van der Waals surface area contributed by atoms with Crippen molar-refractivity contribution in [3.63, 3.8) is 0 Å². The van der Waals surface area contributed by atoms with Gasteiger partial charge in [-0.1, -0.05) is 6.58 Å². The molecule has 110 valence electrons. The monoisotopic (exact) mass is 292 g/mol. The van der Waals surface area contributed by atoms with Crippen LogP contribution in [-0.2, 0) is 14.3 Å². The fourth-order valence-corrected chi connectivity index (χ4v) is 1.42. The maximum absolute atomic E-state index is 11.0. The topological polar surface area (TPSA) is 107 Å². The molecule has 0 aliphatic carbocycles. The minimum atomic E-state index is -1.15. The first-order valence-electron chi connectivity index (χ1n) is 5.83. The van der Waals surface area contributed by atoms with Gasteiger partial charge in [0.2, 0.25) is 0 Å². The van der Waals surface area contributed by atoms with Crippen molar-refractivity contribution >= 4 is 23.9 Å². The molecule has 0 spiro atoms. The molecule has 21 heavy (non-hydrogen) atoms. The number of carboxylic acids is 1. The molecular weight excluding hydrogens is 280 g/mol. The number of carbonyl (C=O) groups is 4. The molecule has 1 aromatic carbocycles. The molecule has 0 bridgehead atoms. The van der Waals surface area contributed by atoms with Crippen molar-refractivity contribution in [1.29, 1.82) is 0 Å². The quantitative estimate of drug-likeness (QED) is 0.510. The molecule has 7 heteroatoms. The number of hydrogen-bond acceptors (Lipinski definition) is 6. The van der Waals surface area contributed by atoms with E-state index in [0.717, 1.165) is 12.1 Å². The van der Waals surface area contributed by atoms with E-state index < -0.39 is 17.9 Å². The van der Waals surface area contributed by atoms with Crippen LogP contribution in [0.1, 0.15) is 38.0 Å². The first-order valence-corrected chi connectivity index (χ1v) is 5.83. The zero-order chi connectivity index (χ0) is 16.0. The molecule has 0 saturated heterocycles. The highest BCUT2D eigenvalue weighted by Crippen LogP contribution is 2.20. The average Bonchev–Trinajstić information content (AvgIpc) is 2.74. The van der Waals surface area contributed by atoms with Gasteiger partial charge in [-0.25, -0.2) is 19.2 Å². The second-order valence-electron chi connectivity index (χ2n) is 3.70. The van der Waals surface area contributed by atoms with Crippen molar-refractivity contribution < 1.29 is 33.8 Å². The van der Waals surface area contributed by atoms with Crippen molar-refractivity contribution in [2.24, 2.45) is 0 Å². The molecule has 0 radical (unpaired) electrons. The summed E-state index contributed by atoms with van der Waals surface area (Å²) in [4.78, 5) is 42.6. The number of hydrogen-bond donors (Lipinski definition) is 1. The van der Waals surface area contributed by atoms with Crippen LogP contribution < -0.4 is 0 Å². The van der Waals surface area contributed by atoms with Gasteiger partial charge in [0.15, 0.2) is 0 Å². The summed E-state index contributed by atoms with van der Waals surface area (Å²) in [5.74, 6) is -3.04. The lowest BCUT2D eigenvalue weighted by Crippen LogP contribution is -2.00. The third kappa shape index (κ3) is 4.00. The summed E-state index contributed by atoms with van der Waals surface area (Å²) < 4.78 is 8.73. The molecule has 0 aromatic heterocycles. The summed E-state index contributed by atoms with van der Waals surface area (Å²) in [5.41, 5.74) is 0.0744. The normalized spacial score (nSPS) is 11.7. The highest BCUT2D eigenvalue weighted by atomic mass is 16.6. The van der Waals surface area contributed by atoms with E-state index in [0.29, 0.717) is 6.61 Å². The Balaban J connectivity index is 0.000000270. The predicted octanol–water partition coefficient (Wildman–Crippen LogP) is 1.43. The maximum Gasteiger partial charge on any atom is 0.346 e. The van der Waals surface area contributed by atoms with Gasteiger partial charge in [0.05, 0.1) is 23.3 Å². The number of benzene rings is 1. The van der Waals surface area contributed by atoms with Crippen LogP contribution in [0.5, 0.6) is 0 Å². The minimum Gasteiger partial charge on any atom is -0.478 e. The van der Waals surface area contributed by atoms with Gasteiger partial charge in [-0.2, -0.15) is 0 Å². The van der Waals surface area contributed by atoms with E-state index in [1.807, 2.05) is 0 Å². The number of aromatic carboxylic acids is 1. The van der Waals surface area contributed by atoms with Gasteiger partial charge in [-0.3, -0.25) is 0 Å². The molecule has 0 saturated carbocycles. The van der Waals surface area contributed by atoms with E-state index in [4.69, 9.17) is 5.11 Å². The Hall–Kier alpha value is -2.96. The summed E-state index contributed by atoms with van der Waals surface area (Å²) in [7, 11) is 0. The average molecular weight is 292 g/mol. The lowest BCUT2D eigenvalue weighted by Gasteiger charge is -1.94. The molecule has 2 rings (SSSR count). The number of esters is 3. The summed E-state index contributed by atoms with van der Waals surface area (Å²) in [6.45, 7) is 5.38. The standard InChI is InChI=1S/C9H4O5.C5H8O2/c10-7(11)4-1-2-5-6(3-4)9(13)14-8(5)12;1-3-5(6)7-4-2/h1-3H,(H,10,11);3H,1,4H2,2H3. The van der Waals surface area contributed by atoms with Gasteiger partial charge in [-0.05, 0) is 25.1 Å². The highest BCUT2D eigenvalue weighted by Gasteiger charge is 2.30. The van der Waals surface area contributed by atoms with Crippen molar-refractivity contribution in [3.8, 4) is 0 Å². The number of rotatable bonds is 3. The van der Waals surface area contributed by atoms with Gasteiger partial charge in [-0.15, -0.1) is 0 Å². The van der Waals surface area contributed by atoms with Gasteiger partial charge >= 0.3 is 23.9 Å². The highest BCUT2D eigenvalue weighted by molar-refractivity contribution is 6.15. The van der Waals surface area contributed by atoms with Crippen molar-refractivity contribution in [1.82, 2.24) is 0 Å². The summed E-state index contributed by atoms with van der Waals surface area (Å²) in [6.07, 6.45) is 1.14. The van der Waals surface area contributed by atoms with Crippen LogP contribution in [0.2, 0.25) is 0 Å². The molecule has 1 aliphatic rings. The molecular formula is C14H12O7. The van der Waals surface area contributed by atoms with Crippen LogP contribution in [0, 0.1) is 0 Å². The predicted molar refractivity (Wildman–Crippen MR) is 70.0 cm³/mol. The molecule has 0 unspecified atom stereocenters. The van der Waals surface area contributed by atoms with Gasteiger partial charge in [0, 0.05) is 6.08 Å². The fraction of sp³-hybridized carbons (Fsp3) is 0.143. The number of carboxylic acid groups (broad SMARTS) is 1. The third-order valence-electron chi connectivity index (χ3n) is 2.35. The number of ether oxygens (including phenoxy) is 2. The zero-order valence-electron chi connectivity index (χ0n) is 11.1. The Labute approximate surface area is 119 Å². The van der Waals surface area contributed by atoms with Crippen LogP contribution in [0.25, 0.3) is 0 Å².